The smallest absolute Gasteiger partial charge is 0.264 e. The molecule has 218 valence electrons. The van der Waals surface area contributed by atoms with Gasteiger partial charge in [-0.15, -0.1) is 0 Å². The van der Waals surface area contributed by atoms with Crippen LogP contribution in [-0.2, 0) is 32.6 Å². The number of sulfonamides is 1. The van der Waals surface area contributed by atoms with Gasteiger partial charge < -0.3 is 10.2 Å². The van der Waals surface area contributed by atoms with Gasteiger partial charge in [0.2, 0.25) is 11.8 Å². The lowest BCUT2D eigenvalue weighted by Gasteiger charge is -2.33. The predicted octanol–water partition coefficient (Wildman–Crippen LogP) is 5.96. The van der Waals surface area contributed by atoms with Gasteiger partial charge in [0.15, 0.2) is 0 Å². The number of anilines is 1. The van der Waals surface area contributed by atoms with Gasteiger partial charge >= 0.3 is 0 Å². The van der Waals surface area contributed by atoms with Crippen molar-refractivity contribution in [3.05, 3.63) is 95.0 Å². The maximum absolute atomic E-state index is 14.2. The maximum Gasteiger partial charge on any atom is 0.264 e. The molecule has 2 amide bonds. The third-order valence-corrected chi connectivity index (χ3v) is 9.64. The number of carbonyl (C=O) groups is 2. The van der Waals surface area contributed by atoms with Crippen molar-refractivity contribution in [3.8, 4) is 0 Å². The molecule has 0 bridgehead atoms. The number of nitrogens with one attached hydrogen (secondary N) is 1. The Balaban J connectivity index is 1.70. The highest BCUT2D eigenvalue weighted by molar-refractivity contribution is 7.92. The quantitative estimate of drug-likeness (QED) is 0.280. The van der Waals surface area contributed by atoms with Crippen LogP contribution >= 0.6 is 11.6 Å². The van der Waals surface area contributed by atoms with Crippen molar-refractivity contribution in [2.24, 2.45) is 0 Å². The van der Waals surface area contributed by atoms with Crippen LogP contribution < -0.4 is 9.62 Å². The van der Waals surface area contributed by atoms with Gasteiger partial charge in [0.1, 0.15) is 12.6 Å². The van der Waals surface area contributed by atoms with Gasteiger partial charge in [0, 0.05) is 17.6 Å². The molecule has 1 fully saturated rings. The molecular formula is C32H38ClN3O4S. The number of carbonyl (C=O) groups excluding carboxylic acids is 2. The Labute approximate surface area is 248 Å². The van der Waals surface area contributed by atoms with Gasteiger partial charge in [0.05, 0.1) is 10.6 Å². The average molecular weight is 596 g/mol. The lowest BCUT2D eigenvalue weighted by molar-refractivity contribution is -0.140. The first-order valence-electron chi connectivity index (χ1n) is 14.2. The molecule has 0 radical (unpaired) electrons. The Kier molecular flexibility index (Phi) is 10.5. The summed E-state index contributed by atoms with van der Waals surface area (Å²) in [5.41, 5.74) is 2.23. The predicted molar refractivity (Wildman–Crippen MR) is 163 cm³/mol. The second-order valence-electron chi connectivity index (χ2n) is 10.4. The molecular weight excluding hydrogens is 558 g/mol. The summed E-state index contributed by atoms with van der Waals surface area (Å²) in [6, 6.07) is 21.7. The first-order valence-corrected chi connectivity index (χ1v) is 16.1. The van der Waals surface area contributed by atoms with Crippen LogP contribution in [0.2, 0.25) is 5.02 Å². The molecule has 1 aliphatic rings. The van der Waals surface area contributed by atoms with Gasteiger partial charge in [-0.2, -0.15) is 0 Å². The van der Waals surface area contributed by atoms with Gasteiger partial charge in [-0.25, -0.2) is 8.42 Å². The Morgan fingerprint density at radius 1 is 0.902 bits per heavy atom. The van der Waals surface area contributed by atoms with Crippen molar-refractivity contribution < 1.29 is 18.0 Å². The van der Waals surface area contributed by atoms with Crippen molar-refractivity contribution >= 4 is 39.1 Å². The largest absolute Gasteiger partial charge is 0.352 e. The van der Waals surface area contributed by atoms with E-state index < -0.39 is 28.5 Å². The highest BCUT2D eigenvalue weighted by atomic mass is 35.5. The van der Waals surface area contributed by atoms with Gasteiger partial charge in [-0.3, -0.25) is 13.9 Å². The SMILES string of the molecule is CCc1ccc(N(CC(=O)N(Cc2ccc(Cl)cc2)C(CC)C(=O)NC2CCCC2)S(=O)(=O)c2ccccc2)cc1. The molecule has 1 N–H and O–H groups in total. The van der Waals surface area contributed by atoms with Gasteiger partial charge in [-0.05, 0) is 73.2 Å². The highest BCUT2D eigenvalue weighted by Gasteiger charge is 2.34. The van der Waals surface area contributed by atoms with Crippen molar-refractivity contribution in [1.29, 1.82) is 0 Å². The van der Waals surface area contributed by atoms with Crippen LogP contribution in [0.1, 0.15) is 57.1 Å². The summed E-state index contributed by atoms with van der Waals surface area (Å²) < 4.78 is 29.0. The number of amides is 2. The Morgan fingerprint density at radius 2 is 1.51 bits per heavy atom. The monoisotopic (exact) mass is 595 g/mol. The number of nitrogens with zero attached hydrogens (tertiary/aromatic N) is 2. The molecule has 0 aromatic heterocycles. The molecule has 0 aliphatic heterocycles. The minimum atomic E-state index is -4.08. The van der Waals surface area contributed by atoms with E-state index in [9.17, 15) is 18.0 Å². The molecule has 1 aliphatic carbocycles. The molecule has 1 atom stereocenters. The summed E-state index contributed by atoms with van der Waals surface area (Å²) in [5.74, 6) is -0.682. The molecule has 3 aromatic carbocycles. The zero-order chi connectivity index (χ0) is 29.4. The summed E-state index contributed by atoms with van der Waals surface area (Å²) in [6.07, 6.45) is 5.16. The zero-order valence-electron chi connectivity index (χ0n) is 23.6. The van der Waals surface area contributed by atoms with E-state index in [1.807, 2.05) is 38.1 Å². The number of rotatable bonds is 12. The fourth-order valence-electron chi connectivity index (χ4n) is 5.22. The van der Waals surface area contributed by atoms with E-state index in [1.165, 1.54) is 17.0 Å². The van der Waals surface area contributed by atoms with Crippen molar-refractivity contribution in [2.45, 2.75) is 75.9 Å². The van der Waals surface area contributed by atoms with Crippen LogP contribution in [0.5, 0.6) is 0 Å². The first-order chi connectivity index (χ1) is 19.7. The minimum Gasteiger partial charge on any atom is -0.352 e. The van der Waals surface area contributed by atoms with E-state index in [-0.39, 0.29) is 23.4 Å². The molecule has 0 saturated heterocycles. The molecule has 9 heteroatoms. The molecule has 3 aromatic rings. The number of hydrogen-bond acceptors (Lipinski definition) is 4. The van der Waals surface area contributed by atoms with Crippen molar-refractivity contribution in [1.82, 2.24) is 10.2 Å². The molecule has 0 spiro atoms. The van der Waals surface area contributed by atoms with Crippen LogP contribution in [0.15, 0.2) is 83.8 Å². The summed E-state index contributed by atoms with van der Waals surface area (Å²) in [7, 11) is -4.08. The number of aryl methyl sites for hydroxylation is 1. The summed E-state index contributed by atoms with van der Waals surface area (Å²) in [4.78, 5) is 29.2. The number of halogens is 1. The minimum absolute atomic E-state index is 0.0858. The molecule has 1 saturated carbocycles. The zero-order valence-corrected chi connectivity index (χ0v) is 25.2. The third-order valence-electron chi connectivity index (χ3n) is 7.60. The average Bonchev–Trinajstić information content (AvgIpc) is 3.50. The molecule has 7 nitrogen and oxygen atoms in total. The lowest BCUT2D eigenvalue weighted by Crippen LogP contribution is -2.53. The van der Waals surface area contributed by atoms with Crippen LogP contribution in [0.25, 0.3) is 0 Å². The Bertz CT molecular complexity index is 1410. The Morgan fingerprint density at radius 3 is 2.10 bits per heavy atom. The Hall–Kier alpha value is -3.36. The summed E-state index contributed by atoms with van der Waals surface area (Å²) >= 11 is 6.09. The molecule has 4 rings (SSSR count). The lowest BCUT2D eigenvalue weighted by atomic mass is 10.1. The van der Waals surface area contributed by atoms with E-state index >= 15 is 0 Å². The van der Waals surface area contributed by atoms with Crippen LogP contribution in [0.3, 0.4) is 0 Å². The van der Waals surface area contributed by atoms with E-state index in [0.717, 1.165) is 47.5 Å². The second kappa shape index (κ2) is 14.0. The van der Waals surface area contributed by atoms with E-state index in [4.69, 9.17) is 11.6 Å². The first kappa shape index (κ1) is 30.6. The number of hydrogen-bond donors (Lipinski definition) is 1. The van der Waals surface area contributed by atoms with Crippen molar-refractivity contribution in [3.63, 3.8) is 0 Å². The fourth-order valence-corrected chi connectivity index (χ4v) is 6.78. The van der Waals surface area contributed by atoms with E-state index in [2.05, 4.69) is 5.32 Å². The molecule has 1 unspecified atom stereocenters. The van der Waals surface area contributed by atoms with Crippen LogP contribution in [0, 0.1) is 0 Å². The van der Waals surface area contributed by atoms with E-state index in [1.54, 1.807) is 42.5 Å². The third kappa shape index (κ3) is 7.68. The standard InChI is InChI=1S/C32H38ClN3O4S/c1-3-24-16-20-28(21-17-24)36(41(39,40)29-12-6-5-7-13-29)23-31(37)35(22-25-14-18-26(33)19-15-25)30(4-2)32(38)34-27-10-8-9-11-27/h5-7,12-21,27,30H,3-4,8-11,22-23H2,1-2H3,(H,34,38). The van der Waals surface area contributed by atoms with Gasteiger partial charge in [0.25, 0.3) is 10.0 Å². The highest BCUT2D eigenvalue weighted by Crippen LogP contribution is 2.26. The number of benzene rings is 3. The molecule has 0 heterocycles. The van der Waals surface area contributed by atoms with Crippen molar-refractivity contribution in [2.75, 3.05) is 10.8 Å². The maximum atomic E-state index is 14.2. The normalized spacial score (nSPS) is 14.4. The van der Waals surface area contributed by atoms with Crippen LogP contribution in [-0.4, -0.2) is 43.8 Å². The molecule has 41 heavy (non-hydrogen) atoms. The topological polar surface area (TPSA) is 86.8 Å². The summed E-state index contributed by atoms with van der Waals surface area (Å²) in [5, 5.41) is 3.69. The van der Waals surface area contributed by atoms with E-state index in [0.29, 0.717) is 17.1 Å². The van der Waals surface area contributed by atoms with Gasteiger partial charge in [-0.1, -0.05) is 80.8 Å². The summed E-state index contributed by atoms with van der Waals surface area (Å²) in [6.45, 7) is 3.57. The fraction of sp³-hybridized carbons (Fsp3) is 0.375. The van der Waals surface area contributed by atoms with Crippen LogP contribution in [0.4, 0.5) is 5.69 Å². The second-order valence-corrected chi connectivity index (χ2v) is 12.7.